The summed E-state index contributed by atoms with van der Waals surface area (Å²) in [5.74, 6) is 0.438. The lowest BCUT2D eigenvalue weighted by atomic mass is 9.96. The van der Waals surface area contributed by atoms with E-state index in [0.29, 0.717) is 5.88 Å². The maximum atomic E-state index is 7.59. The molecule has 0 aliphatic carbocycles. The van der Waals surface area contributed by atoms with Gasteiger partial charge in [-0.25, -0.2) is 0 Å². The zero-order chi connectivity index (χ0) is 12.5. The molecular weight excluding hydrogens is 242 g/mol. The van der Waals surface area contributed by atoms with E-state index < -0.39 is 0 Å². The fraction of sp³-hybridized carbons (Fsp3) is 0.0625. The Bertz CT molecular complexity index is 747. The van der Waals surface area contributed by atoms with Crippen LogP contribution in [0.3, 0.4) is 0 Å². The van der Waals surface area contributed by atoms with Gasteiger partial charge in [-0.2, -0.15) is 0 Å². The highest BCUT2D eigenvalue weighted by molar-refractivity contribution is 6.19. The van der Waals surface area contributed by atoms with Gasteiger partial charge in [0, 0.05) is 17.7 Å². The Morgan fingerprint density at radius 1 is 0.889 bits per heavy atom. The molecule has 88 valence electrons. The first-order chi connectivity index (χ1) is 8.85. The molecule has 0 atom stereocenters. The Kier molecular flexibility index (Phi) is 2.77. The van der Waals surface area contributed by atoms with Gasteiger partial charge in [0.15, 0.2) is 0 Å². The molecule has 0 saturated carbocycles. The third-order valence-electron chi connectivity index (χ3n) is 3.35. The summed E-state index contributed by atoms with van der Waals surface area (Å²) in [6.45, 7) is 0. The van der Waals surface area contributed by atoms with Crippen molar-refractivity contribution in [1.29, 1.82) is 5.41 Å². The lowest BCUT2D eigenvalue weighted by molar-refractivity contribution is 1.40. The van der Waals surface area contributed by atoms with E-state index in [1.807, 2.05) is 18.2 Å². The molecule has 3 rings (SSSR count). The van der Waals surface area contributed by atoms with Crippen molar-refractivity contribution < 1.29 is 0 Å². The molecule has 0 spiro atoms. The van der Waals surface area contributed by atoms with Crippen LogP contribution >= 0.6 is 11.6 Å². The average molecular weight is 254 g/mol. The first kappa shape index (κ1) is 11.2. The van der Waals surface area contributed by atoms with Crippen molar-refractivity contribution in [1.82, 2.24) is 0 Å². The zero-order valence-corrected chi connectivity index (χ0v) is 10.5. The molecule has 1 N–H and O–H groups in total. The lowest BCUT2D eigenvalue weighted by Crippen LogP contribution is -1.92. The Morgan fingerprint density at radius 2 is 1.67 bits per heavy atom. The minimum atomic E-state index is 0.438. The summed E-state index contributed by atoms with van der Waals surface area (Å²) in [4.78, 5) is 0. The molecule has 0 radical (unpaired) electrons. The molecule has 0 unspecified atom stereocenters. The van der Waals surface area contributed by atoms with E-state index in [4.69, 9.17) is 17.0 Å². The van der Waals surface area contributed by atoms with E-state index >= 15 is 0 Å². The van der Waals surface area contributed by atoms with Crippen LogP contribution < -0.4 is 0 Å². The summed E-state index contributed by atoms with van der Waals surface area (Å²) in [5, 5.41) is 12.3. The van der Waals surface area contributed by atoms with Gasteiger partial charge in [0.2, 0.25) is 0 Å². The van der Waals surface area contributed by atoms with Crippen LogP contribution in [0.2, 0.25) is 0 Å². The summed E-state index contributed by atoms with van der Waals surface area (Å²) in [6.07, 6.45) is 1.40. The van der Waals surface area contributed by atoms with Gasteiger partial charge in [-0.15, -0.1) is 11.6 Å². The van der Waals surface area contributed by atoms with E-state index in [1.165, 1.54) is 22.4 Å². The van der Waals surface area contributed by atoms with Crippen LogP contribution in [0.15, 0.2) is 48.5 Å². The van der Waals surface area contributed by atoms with Gasteiger partial charge in [0.25, 0.3) is 0 Å². The van der Waals surface area contributed by atoms with Crippen molar-refractivity contribution >= 4 is 39.4 Å². The molecule has 3 aromatic carbocycles. The van der Waals surface area contributed by atoms with Crippen LogP contribution in [-0.4, -0.2) is 6.21 Å². The zero-order valence-electron chi connectivity index (χ0n) is 9.78. The fourth-order valence-electron chi connectivity index (χ4n) is 2.44. The maximum Gasteiger partial charge on any atom is 0.0480 e. The van der Waals surface area contributed by atoms with E-state index in [-0.39, 0.29) is 0 Å². The number of rotatable bonds is 2. The van der Waals surface area contributed by atoms with E-state index in [2.05, 4.69) is 30.3 Å². The molecule has 3 aromatic rings. The van der Waals surface area contributed by atoms with Gasteiger partial charge in [0.1, 0.15) is 0 Å². The number of hydrogen-bond donors (Lipinski definition) is 1. The molecule has 0 amide bonds. The number of hydrogen-bond acceptors (Lipinski definition) is 1. The monoisotopic (exact) mass is 253 g/mol. The predicted molar refractivity (Wildman–Crippen MR) is 78.9 cm³/mol. The van der Waals surface area contributed by atoms with E-state index in [9.17, 15) is 0 Å². The van der Waals surface area contributed by atoms with Crippen molar-refractivity contribution in [3.8, 4) is 0 Å². The summed E-state index contributed by atoms with van der Waals surface area (Å²) < 4.78 is 0. The van der Waals surface area contributed by atoms with Crippen molar-refractivity contribution in [3.05, 3.63) is 59.7 Å². The largest absolute Gasteiger partial charge is 0.308 e. The number of halogens is 1. The van der Waals surface area contributed by atoms with E-state index in [0.717, 1.165) is 16.5 Å². The highest BCUT2D eigenvalue weighted by atomic mass is 35.5. The Labute approximate surface area is 111 Å². The van der Waals surface area contributed by atoms with E-state index in [1.54, 1.807) is 0 Å². The standard InChI is InChI=1S/C16H12ClN/c17-9-12-6-8-14-13-4-2-1-3-11(13)5-7-15(14)16(12)10-18/h1-8,10,18H,9H2. The molecule has 1 nitrogen and oxygen atoms in total. The average Bonchev–Trinajstić information content (AvgIpc) is 2.45. The second-order valence-electron chi connectivity index (χ2n) is 4.30. The number of nitrogens with one attached hydrogen (secondary N) is 1. The number of fused-ring (bicyclic) bond motifs is 3. The third-order valence-corrected chi connectivity index (χ3v) is 3.63. The van der Waals surface area contributed by atoms with Crippen LogP contribution in [0.4, 0.5) is 0 Å². The van der Waals surface area contributed by atoms with Gasteiger partial charge >= 0.3 is 0 Å². The normalized spacial score (nSPS) is 10.9. The van der Waals surface area contributed by atoms with Gasteiger partial charge in [-0.3, -0.25) is 0 Å². The summed E-state index contributed by atoms with van der Waals surface area (Å²) in [7, 11) is 0. The molecule has 0 heterocycles. The summed E-state index contributed by atoms with van der Waals surface area (Å²) in [5.41, 5.74) is 1.93. The molecule has 0 saturated heterocycles. The summed E-state index contributed by atoms with van der Waals surface area (Å²) in [6, 6.07) is 16.6. The lowest BCUT2D eigenvalue weighted by Gasteiger charge is -2.09. The highest BCUT2D eigenvalue weighted by Gasteiger charge is 2.07. The van der Waals surface area contributed by atoms with Crippen LogP contribution in [0.25, 0.3) is 21.5 Å². The first-order valence-corrected chi connectivity index (χ1v) is 6.38. The smallest absolute Gasteiger partial charge is 0.0480 e. The molecule has 0 bridgehead atoms. The van der Waals surface area contributed by atoms with Gasteiger partial charge in [-0.1, -0.05) is 48.5 Å². The quantitative estimate of drug-likeness (QED) is 0.388. The van der Waals surface area contributed by atoms with Crippen molar-refractivity contribution in [2.45, 2.75) is 5.88 Å². The second kappa shape index (κ2) is 4.43. The van der Waals surface area contributed by atoms with Gasteiger partial charge in [0.05, 0.1) is 0 Å². The topological polar surface area (TPSA) is 23.9 Å². The first-order valence-electron chi connectivity index (χ1n) is 5.85. The number of benzene rings is 3. The number of alkyl halides is 1. The highest BCUT2D eigenvalue weighted by Crippen LogP contribution is 2.29. The third kappa shape index (κ3) is 1.59. The molecule has 0 fully saturated rings. The molecule has 2 heteroatoms. The van der Waals surface area contributed by atoms with Gasteiger partial charge < -0.3 is 5.41 Å². The SMILES string of the molecule is N=Cc1c(CCl)ccc2c1ccc1ccccc12. The summed E-state index contributed by atoms with van der Waals surface area (Å²) >= 11 is 5.93. The maximum absolute atomic E-state index is 7.59. The van der Waals surface area contributed by atoms with Crippen molar-refractivity contribution in [2.75, 3.05) is 0 Å². The second-order valence-corrected chi connectivity index (χ2v) is 4.57. The molecule has 18 heavy (non-hydrogen) atoms. The predicted octanol–water partition coefficient (Wildman–Crippen LogP) is 4.73. The van der Waals surface area contributed by atoms with Crippen molar-refractivity contribution in [3.63, 3.8) is 0 Å². The Balaban J connectivity index is 2.50. The molecule has 0 aromatic heterocycles. The van der Waals surface area contributed by atoms with Crippen LogP contribution in [0.5, 0.6) is 0 Å². The minimum Gasteiger partial charge on any atom is -0.308 e. The Morgan fingerprint density at radius 3 is 2.44 bits per heavy atom. The van der Waals surface area contributed by atoms with Gasteiger partial charge in [-0.05, 0) is 27.1 Å². The molecule has 0 aliphatic heterocycles. The fourth-order valence-corrected chi connectivity index (χ4v) is 2.68. The molecular formula is C16H12ClN. The minimum absolute atomic E-state index is 0.438. The van der Waals surface area contributed by atoms with Crippen molar-refractivity contribution in [2.24, 2.45) is 0 Å². The van der Waals surface area contributed by atoms with Crippen LogP contribution in [-0.2, 0) is 5.88 Å². The molecule has 0 aliphatic rings. The van der Waals surface area contributed by atoms with Crippen LogP contribution in [0.1, 0.15) is 11.1 Å². The van der Waals surface area contributed by atoms with Crippen LogP contribution in [0, 0.1) is 5.41 Å². The Hall–Kier alpha value is -1.86.